The van der Waals surface area contributed by atoms with E-state index in [9.17, 15) is 13.2 Å². The summed E-state index contributed by atoms with van der Waals surface area (Å²) in [5.74, 6) is -0.509. The van der Waals surface area contributed by atoms with Crippen molar-refractivity contribution in [2.75, 3.05) is 36.4 Å². The first-order valence-corrected chi connectivity index (χ1v) is 12.5. The highest BCUT2D eigenvalue weighted by molar-refractivity contribution is 7.89. The number of nitrogens with zero attached hydrogens (tertiary/aromatic N) is 4. The molecule has 1 aliphatic rings. The first kappa shape index (κ1) is 23.3. The number of carbonyl (C=O) groups is 1. The van der Waals surface area contributed by atoms with Gasteiger partial charge < -0.3 is 10.2 Å². The second kappa shape index (κ2) is 9.54. The Morgan fingerprint density at radius 3 is 2.27 bits per heavy atom. The molecule has 10 heteroatoms. The Morgan fingerprint density at radius 1 is 1.03 bits per heavy atom. The minimum absolute atomic E-state index is 0.0252. The Hall–Kier alpha value is -2.88. The minimum Gasteiger partial charge on any atom is -0.369 e. The maximum absolute atomic E-state index is 13.4. The van der Waals surface area contributed by atoms with Gasteiger partial charge in [0.1, 0.15) is 0 Å². The molecule has 2 aromatic carbocycles. The largest absolute Gasteiger partial charge is 0.369 e. The molecule has 1 amide bonds. The monoisotopic (exact) mass is 487 g/mol. The van der Waals surface area contributed by atoms with E-state index in [4.69, 9.17) is 11.6 Å². The van der Waals surface area contributed by atoms with Crippen LogP contribution in [0.15, 0.2) is 59.8 Å². The first-order valence-electron chi connectivity index (χ1n) is 10.7. The fourth-order valence-electron chi connectivity index (χ4n) is 3.80. The van der Waals surface area contributed by atoms with Crippen molar-refractivity contribution >= 4 is 38.9 Å². The van der Waals surface area contributed by atoms with Crippen LogP contribution in [0, 0.1) is 0 Å². The van der Waals surface area contributed by atoms with Crippen molar-refractivity contribution in [3.8, 4) is 0 Å². The van der Waals surface area contributed by atoms with Crippen LogP contribution in [0.25, 0.3) is 0 Å². The lowest BCUT2D eigenvalue weighted by atomic mass is 10.1. The van der Waals surface area contributed by atoms with Crippen LogP contribution in [-0.2, 0) is 23.5 Å². The molecule has 0 spiro atoms. The second-order valence-electron chi connectivity index (χ2n) is 7.89. The Labute approximate surface area is 198 Å². The third-order valence-corrected chi connectivity index (χ3v) is 7.76. The van der Waals surface area contributed by atoms with Gasteiger partial charge in [-0.05, 0) is 48.4 Å². The molecule has 3 aromatic rings. The molecule has 1 N–H and O–H groups in total. The lowest BCUT2D eigenvalue weighted by Crippen LogP contribution is -2.49. The van der Waals surface area contributed by atoms with Gasteiger partial charge in [0.15, 0.2) is 0 Å². The van der Waals surface area contributed by atoms with Crippen molar-refractivity contribution < 1.29 is 13.2 Å². The van der Waals surface area contributed by atoms with E-state index < -0.39 is 15.9 Å². The van der Waals surface area contributed by atoms with E-state index in [0.717, 1.165) is 17.7 Å². The molecule has 0 saturated carbocycles. The number of halogens is 1. The standard InChI is InChI=1S/C23H26ClN5O3S/c1-3-17-4-8-19(9-5-17)25-22(30)21-16-27(2)26-23(21)33(31,32)29-14-12-28(13-15-29)20-10-6-18(24)7-11-20/h4-11,16H,3,12-15H2,1-2H3,(H,25,30). The van der Waals surface area contributed by atoms with E-state index in [-0.39, 0.29) is 10.6 Å². The average Bonchev–Trinajstić information content (AvgIpc) is 3.23. The normalized spacial score (nSPS) is 14.9. The molecular weight excluding hydrogens is 462 g/mol. The Balaban J connectivity index is 1.50. The molecule has 1 saturated heterocycles. The van der Waals surface area contributed by atoms with Crippen LogP contribution in [0.4, 0.5) is 11.4 Å². The third kappa shape index (κ3) is 5.05. The average molecular weight is 488 g/mol. The van der Waals surface area contributed by atoms with Crippen LogP contribution < -0.4 is 10.2 Å². The number of sulfonamides is 1. The van der Waals surface area contributed by atoms with Gasteiger partial charge >= 0.3 is 0 Å². The molecule has 0 aliphatic carbocycles. The molecule has 1 aromatic heterocycles. The third-order valence-electron chi connectivity index (χ3n) is 5.67. The number of piperazine rings is 1. The smallest absolute Gasteiger partial charge is 0.263 e. The quantitative estimate of drug-likeness (QED) is 0.575. The van der Waals surface area contributed by atoms with E-state index >= 15 is 0 Å². The number of aromatic nitrogens is 2. The molecule has 0 radical (unpaired) electrons. The number of hydrogen-bond acceptors (Lipinski definition) is 5. The van der Waals surface area contributed by atoms with E-state index in [1.54, 1.807) is 19.2 Å². The summed E-state index contributed by atoms with van der Waals surface area (Å²) in [4.78, 5) is 15.0. The van der Waals surface area contributed by atoms with Gasteiger partial charge in [-0.2, -0.15) is 9.40 Å². The maximum Gasteiger partial charge on any atom is 0.263 e. The van der Waals surface area contributed by atoms with Gasteiger partial charge in [-0.15, -0.1) is 0 Å². The summed E-state index contributed by atoms with van der Waals surface area (Å²) in [5.41, 5.74) is 2.76. The fourth-order valence-corrected chi connectivity index (χ4v) is 5.47. The maximum atomic E-state index is 13.4. The number of benzene rings is 2. The molecular formula is C23H26ClN5O3S. The van der Waals surface area contributed by atoms with Gasteiger partial charge in [0.25, 0.3) is 15.9 Å². The second-order valence-corrected chi connectivity index (χ2v) is 10.2. The Morgan fingerprint density at radius 2 is 1.67 bits per heavy atom. The molecule has 2 heterocycles. The van der Waals surface area contributed by atoms with Gasteiger partial charge in [-0.1, -0.05) is 30.7 Å². The summed E-state index contributed by atoms with van der Waals surface area (Å²) in [6.45, 7) is 3.69. The van der Waals surface area contributed by atoms with Crippen LogP contribution in [0.5, 0.6) is 0 Å². The molecule has 0 atom stereocenters. The van der Waals surface area contributed by atoms with Crippen molar-refractivity contribution in [2.24, 2.45) is 7.05 Å². The molecule has 0 unspecified atom stereocenters. The van der Waals surface area contributed by atoms with E-state index in [1.165, 1.54) is 15.2 Å². The SMILES string of the molecule is CCc1ccc(NC(=O)c2cn(C)nc2S(=O)(=O)N2CCN(c3ccc(Cl)cc3)CC2)cc1. The van der Waals surface area contributed by atoms with E-state index in [2.05, 4.69) is 22.2 Å². The molecule has 4 rings (SSSR count). The summed E-state index contributed by atoms with van der Waals surface area (Å²) in [6.07, 6.45) is 2.33. The van der Waals surface area contributed by atoms with Gasteiger partial charge in [-0.25, -0.2) is 8.42 Å². The van der Waals surface area contributed by atoms with Gasteiger partial charge in [0.05, 0.1) is 5.56 Å². The molecule has 1 fully saturated rings. The number of rotatable bonds is 6. The molecule has 1 aliphatic heterocycles. The van der Waals surface area contributed by atoms with E-state index in [1.807, 2.05) is 36.4 Å². The zero-order valence-corrected chi connectivity index (χ0v) is 20.1. The highest BCUT2D eigenvalue weighted by Crippen LogP contribution is 2.24. The number of nitrogens with one attached hydrogen (secondary N) is 1. The topological polar surface area (TPSA) is 87.5 Å². The van der Waals surface area contributed by atoms with Gasteiger partial charge in [0.2, 0.25) is 5.03 Å². The van der Waals surface area contributed by atoms with Gasteiger partial charge in [0, 0.05) is 55.8 Å². The van der Waals surface area contributed by atoms with Crippen LogP contribution >= 0.6 is 11.6 Å². The van der Waals surface area contributed by atoms with Crippen LogP contribution in [0.1, 0.15) is 22.8 Å². The molecule has 174 valence electrons. The number of carbonyl (C=O) groups excluding carboxylic acids is 1. The van der Waals surface area contributed by atoms with Crippen LogP contribution in [0.2, 0.25) is 5.02 Å². The highest BCUT2D eigenvalue weighted by Gasteiger charge is 2.34. The molecule has 8 nitrogen and oxygen atoms in total. The molecule has 33 heavy (non-hydrogen) atoms. The number of amides is 1. The van der Waals surface area contributed by atoms with Crippen molar-refractivity contribution in [1.29, 1.82) is 0 Å². The molecule has 0 bridgehead atoms. The fraction of sp³-hybridized carbons (Fsp3) is 0.304. The van der Waals surface area contributed by atoms with Crippen molar-refractivity contribution in [2.45, 2.75) is 18.4 Å². The first-order chi connectivity index (χ1) is 15.8. The predicted molar refractivity (Wildman–Crippen MR) is 129 cm³/mol. The van der Waals surface area contributed by atoms with Gasteiger partial charge in [-0.3, -0.25) is 9.48 Å². The minimum atomic E-state index is -3.94. The van der Waals surface area contributed by atoms with Crippen LogP contribution in [0.3, 0.4) is 0 Å². The lowest BCUT2D eigenvalue weighted by molar-refractivity contribution is 0.102. The summed E-state index contributed by atoms with van der Waals surface area (Å²) >= 11 is 5.96. The number of aryl methyl sites for hydroxylation is 2. The summed E-state index contributed by atoms with van der Waals surface area (Å²) < 4.78 is 29.5. The summed E-state index contributed by atoms with van der Waals surface area (Å²) in [6, 6.07) is 14.9. The Kier molecular flexibility index (Phi) is 6.73. The van der Waals surface area contributed by atoms with E-state index in [0.29, 0.717) is 36.9 Å². The summed E-state index contributed by atoms with van der Waals surface area (Å²) in [7, 11) is -2.34. The van der Waals surface area contributed by atoms with Crippen LogP contribution in [-0.4, -0.2) is 54.6 Å². The zero-order valence-electron chi connectivity index (χ0n) is 18.5. The van der Waals surface area contributed by atoms with Crippen molar-refractivity contribution in [3.63, 3.8) is 0 Å². The zero-order chi connectivity index (χ0) is 23.6. The number of hydrogen-bond donors (Lipinski definition) is 1. The Bertz CT molecular complexity index is 1230. The van der Waals surface area contributed by atoms with Crippen molar-refractivity contribution in [3.05, 3.63) is 70.9 Å². The predicted octanol–water partition coefficient (Wildman–Crippen LogP) is 3.40. The lowest BCUT2D eigenvalue weighted by Gasteiger charge is -2.35. The van der Waals surface area contributed by atoms with Crippen molar-refractivity contribution in [1.82, 2.24) is 14.1 Å². The summed E-state index contributed by atoms with van der Waals surface area (Å²) in [5, 5.41) is 7.34. The number of anilines is 2. The highest BCUT2D eigenvalue weighted by atomic mass is 35.5.